The van der Waals surface area contributed by atoms with Gasteiger partial charge in [0.1, 0.15) is 5.65 Å². The molecular weight excluding hydrogens is 300 g/mol. The maximum absolute atomic E-state index is 12.2. The Morgan fingerprint density at radius 3 is 2.78 bits per heavy atom. The first-order valence-electron chi connectivity index (χ1n) is 6.89. The number of pyridine rings is 1. The topological polar surface area (TPSA) is 111 Å². The number of hydrogen-bond acceptors (Lipinski definition) is 5. The van der Waals surface area contributed by atoms with E-state index in [-0.39, 0.29) is 16.7 Å². The van der Waals surface area contributed by atoms with Crippen molar-refractivity contribution in [3.63, 3.8) is 0 Å². The predicted octanol–water partition coefficient (Wildman–Crippen LogP) is 1.68. The Morgan fingerprint density at radius 2 is 2.09 bits per heavy atom. The minimum absolute atomic E-state index is 0.0762. The van der Waals surface area contributed by atoms with Crippen molar-refractivity contribution < 1.29 is 4.92 Å². The number of rotatable bonds is 3. The number of nitro groups is 1. The Bertz CT molecular complexity index is 1040. The van der Waals surface area contributed by atoms with E-state index in [9.17, 15) is 19.7 Å². The zero-order chi connectivity index (χ0) is 16.6. The molecule has 0 radical (unpaired) electrons. The molecule has 0 atom stereocenters. The van der Waals surface area contributed by atoms with E-state index in [4.69, 9.17) is 0 Å². The second kappa shape index (κ2) is 5.48. The third-order valence-corrected chi connectivity index (χ3v) is 3.56. The maximum Gasteiger partial charge on any atom is 0.329 e. The molecule has 0 saturated carbocycles. The molecule has 8 nitrogen and oxygen atoms in total. The molecular formula is C15H12N4O4. The van der Waals surface area contributed by atoms with Crippen LogP contribution in [0, 0.1) is 10.1 Å². The number of nitrogens with zero attached hydrogens (tertiary/aromatic N) is 3. The zero-order valence-electron chi connectivity index (χ0n) is 12.1. The first-order chi connectivity index (χ1) is 11.0. The molecule has 3 rings (SSSR count). The molecule has 116 valence electrons. The third-order valence-electron chi connectivity index (χ3n) is 3.56. The van der Waals surface area contributed by atoms with E-state index in [0.717, 1.165) is 0 Å². The van der Waals surface area contributed by atoms with Crippen molar-refractivity contribution in [3.8, 4) is 11.1 Å². The number of nitro benzene ring substituents is 1. The van der Waals surface area contributed by atoms with Crippen LogP contribution >= 0.6 is 0 Å². The number of hydrogen-bond donors (Lipinski definition) is 1. The molecule has 0 fully saturated rings. The standard InChI is InChI=1S/C15H12N4O4/c1-2-18-13-12(14(20)17-15(18)21)11(6-7-16-13)9-4-3-5-10(8-9)19(22)23/h3-8H,2H2,1H3,(H,17,20,21). The van der Waals surface area contributed by atoms with Crippen LogP contribution in [0.3, 0.4) is 0 Å². The van der Waals surface area contributed by atoms with Gasteiger partial charge < -0.3 is 0 Å². The highest BCUT2D eigenvalue weighted by Gasteiger charge is 2.15. The highest BCUT2D eigenvalue weighted by atomic mass is 16.6. The van der Waals surface area contributed by atoms with Crippen molar-refractivity contribution in [2.75, 3.05) is 0 Å². The van der Waals surface area contributed by atoms with Crippen LogP contribution in [0.5, 0.6) is 0 Å². The number of nitrogens with one attached hydrogen (secondary N) is 1. The lowest BCUT2D eigenvalue weighted by atomic mass is 10.0. The summed E-state index contributed by atoms with van der Waals surface area (Å²) in [5.41, 5.74) is 0.0801. The van der Waals surface area contributed by atoms with Gasteiger partial charge in [-0.15, -0.1) is 0 Å². The van der Waals surface area contributed by atoms with Crippen molar-refractivity contribution in [1.82, 2.24) is 14.5 Å². The predicted molar refractivity (Wildman–Crippen MR) is 84.4 cm³/mol. The molecule has 3 aromatic rings. The Morgan fingerprint density at radius 1 is 1.30 bits per heavy atom. The molecule has 0 unspecified atom stereocenters. The van der Waals surface area contributed by atoms with E-state index < -0.39 is 16.2 Å². The van der Waals surface area contributed by atoms with Crippen molar-refractivity contribution in [2.24, 2.45) is 0 Å². The Labute approximate surface area is 129 Å². The van der Waals surface area contributed by atoms with Crippen LogP contribution in [0.2, 0.25) is 0 Å². The molecule has 2 aromatic heterocycles. The fourth-order valence-electron chi connectivity index (χ4n) is 2.52. The lowest BCUT2D eigenvalue weighted by molar-refractivity contribution is -0.384. The largest absolute Gasteiger partial charge is 0.329 e. The van der Waals surface area contributed by atoms with E-state index in [2.05, 4.69) is 9.97 Å². The second-order valence-electron chi connectivity index (χ2n) is 4.87. The molecule has 23 heavy (non-hydrogen) atoms. The molecule has 0 aliphatic carbocycles. The number of aryl methyl sites for hydroxylation is 1. The third kappa shape index (κ3) is 2.39. The molecule has 1 aromatic carbocycles. The summed E-state index contributed by atoms with van der Waals surface area (Å²) in [5, 5.41) is 11.2. The van der Waals surface area contributed by atoms with Gasteiger partial charge in [0.15, 0.2) is 0 Å². The molecule has 0 amide bonds. The van der Waals surface area contributed by atoms with Crippen molar-refractivity contribution >= 4 is 16.7 Å². The number of benzene rings is 1. The summed E-state index contributed by atoms with van der Waals surface area (Å²) in [5.74, 6) is 0. The number of fused-ring (bicyclic) bond motifs is 1. The average Bonchev–Trinajstić information content (AvgIpc) is 2.54. The molecule has 1 N–H and O–H groups in total. The fourth-order valence-corrected chi connectivity index (χ4v) is 2.52. The van der Waals surface area contributed by atoms with E-state index in [1.54, 1.807) is 25.1 Å². The van der Waals surface area contributed by atoms with Gasteiger partial charge in [0, 0.05) is 24.9 Å². The summed E-state index contributed by atoms with van der Waals surface area (Å²) >= 11 is 0. The van der Waals surface area contributed by atoms with Crippen molar-refractivity contribution in [3.05, 3.63) is 67.5 Å². The van der Waals surface area contributed by atoms with E-state index >= 15 is 0 Å². The van der Waals surface area contributed by atoms with Crippen LogP contribution in [0.25, 0.3) is 22.2 Å². The summed E-state index contributed by atoms with van der Waals surface area (Å²) < 4.78 is 1.34. The lowest BCUT2D eigenvalue weighted by Crippen LogP contribution is -2.30. The van der Waals surface area contributed by atoms with Gasteiger partial charge in [0.25, 0.3) is 11.2 Å². The van der Waals surface area contributed by atoms with Crippen molar-refractivity contribution in [1.29, 1.82) is 0 Å². The van der Waals surface area contributed by atoms with Gasteiger partial charge in [-0.05, 0) is 24.1 Å². The Hall–Kier alpha value is -3.29. The van der Waals surface area contributed by atoms with Gasteiger partial charge in [0.05, 0.1) is 10.3 Å². The van der Waals surface area contributed by atoms with Crippen LogP contribution < -0.4 is 11.2 Å². The average molecular weight is 312 g/mol. The highest BCUT2D eigenvalue weighted by Crippen LogP contribution is 2.27. The SMILES string of the molecule is CCn1c(=O)[nH]c(=O)c2c(-c3cccc([N+](=O)[O-])c3)ccnc21. The summed E-state index contributed by atoms with van der Waals surface area (Å²) in [4.78, 5) is 40.9. The quantitative estimate of drug-likeness (QED) is 0.584. The van der Waals surface area contributed by atoms with Gasteiger partial charge in [-0.25, -0.2) is 9.78 Å². The van der Waals surface area contributed by atoms with Crippen LogP contribution in [0.15, 0.2) is 46.1 Å². The Balaban J connectivity index is 2.40. The molecule has 8 heteroatoms. The molecule has 0 aliphatic heterocycles. The van der Waals surface area contributed by atoms with Crippen LogP contribution in [-0.4, -0.2) is 19.5 Å². The number of aromatic amines is 1. The number of H-pyrrole nitrogens is 1. The van der Waals surface area contributed by atoms with E-state index in [1.165, 1.54) is 22.9 Å². The summed E-state index contributed by atoms with van der Waals surface area (Å²) in [6.45, 7) is 2.11. The normalized spacial score (nSPS) is 10.8. The first kappa shape index (κ1) is 14.6. The van der Waals surface area contributed by atoms with Crippen LogP contribution in [0.4, 0.5) is 5.69 Å². The molecule has 2 heterocycles. The monoisotopic (exact) mass is 312 g/mol. The molecule has 0 saturated heterocycles. The molecule has 0 aliphatic rings. The zero-order valence-corrected chi connectivity index (χ0v) is 12.1. The van der Waals surface area contributed by atoms with Gasteiger partial charge in [0.2, 0.25) is 0 Å². The molecule has 0 bridgehead atoms. The van der Waals surface area contributed by atoms with Crippen LogP contribution in [0.1, 0.15) is 6.92 Å². The summed E-state index contributed by atoms with van der Waals surface area (Å²) in [7, 11) is 0. The van der Waals surface area contributed by atoms with Crippen LogP contribution in [-0.2, 0) is 6.54 Å². The van der Waals surface area contributed by atoms with Gasteiger partial charge in [-0.1, -0.05) is 12.1 Å². The van der Waals surface area contributed by atoms with Crippen molar-refractivity contribution in [2.45, 2.75) is 13.5 Å². The van der Waals surface area contributed by atoms with E-state index in [0.29, 0.717) is 17.7 Å². The summed E-state index contributed by atoms with van der Waals surface area (Å²) in [6.07, 6.45) is 1.47. The maximum atomic E-state index is 12.2. The smallest absolute Gasteiger partial charge is 0.278 e. The minimum Gasteiger partial charge on any atom is -0.278 e. The van der Waals surface area contributed by atoms with Gasteiger partial charge in [-0.2, -0.15) is 0 Å². The molecule has 0 spiro atoms. The van der Waals surface area contributed by atoms with Gasteiger partial charge >= 0.3 is 5.69 Å². The van der Waals surface area contributed by atoms with E-state index in [1.807, 2.05) is 0 Å². The first-order valence-corrected chi connectivity index (χ1v) is 6.89. The lowest BCUT2D eigenvalue weighted by Gasteiger charge is -2.09. The second-order valence-corrected chi connectivity index (χ2v) is 4.87. The summed E-state index contributed by atoms with van der Waals surface area (Å²) in [6, 6.07) is 7.57. The highest BCUT2D eigenvalue weighted by molar-refractivity contribution is 5.92. The fraction of sp³-hybridized carbons (Fsp3) is 0.133. The Kier molecular flexibility index (Phi) is 3.49. The number of non-ortho nitro benzene ring substituents is 1. The van der Waals surface area contributed by atoms with Gasteiger partial charge in [-0.3, -0.25) is 24.5 Å². The minimum atomic E-state index is -0.565. The number of aromatic nitrogens is 3.